The Morgan fingerprint density at radius 2 is 2.27 bits per heavy atom. The van der Waals surface area contributed by atoms with E-state index in [4.69, 9.17) is 11.6 Å². The molecule has 2 nitrogen and oxygen atoms in total. The molecule has 2 rings (SSSR count). The summed E-state index contributed by atoms with van der Waals surface area (Å²) in [4.78, 5) is 0. The van der Waals surface area contributed by atoms with Gasteiger partial charge in [-0.15, -0.1) is 12.4 Å². The van der Waals surface area contributed by atoms with Gasteiger partial charge in [0.25, 0.3) is 0 Å². The highest BCUT2D eigenvalue weighted by Crippen LogP contribution is 2.33. The summed E-state index contributed by atoms with van der Waals surface area (Å²) in [6.07, 6.45) is 0.745. The summed E-state index contributed by atoms with van der Waals surface area (Å²) >= 11 is 5.90. The van der Waals surface area contributed by atoms with Crippen molar-refractivity contribution in [1.82, 2.24) is 5.32 Å². The first-order chi connectivity index (χ1) is 6.63. The predicted octanol–water partition coefficient (Wildman–Crippen LogP) is 2.33. The average Bonchev–Trinajstić information content (AvgIpc) is 2.49. The second-order valence-electron chi connectivity index (χ2n) is 3.86. The van der Waals surface area contributed by atoms with Crippen LogP contribution < -0.4 is 5.32 Å². The van der Waals surface area contributed by atoms with E-state index >= 15 is 0 Å². The summed E-state index contributed by atoms with van der Waals surface area (Å²) in [5.74, 6) is 0. The van der Waals surface area contributed by atoms with Gasteiger partial charge in [-0.25, -0.2) is 0 Å². The third-order valence-corrected chi connectivity index (χ3v) is 3.23. The molecule has 1 fully saturated rings. The molecule has 1 aromatic carbocycles. The van der Waals surface area contributed by atoms with Crippen molar-refractivity contribution in [1.29, 1.82) is 0 Å². The van der Waals surface area contributed by atoms with E-state index in [1.807, 2.05) is 31.2 Å². The van der Waals surface area contributed by atoms with E-state index in [1.54, 1.807) is 0 Å². The first-order valence-electron chi connectivity index (χ1n) is 4.85. The zero-order valence-electron chi connectivity index (χ0n) is 8.53. The lowest BCUT2D eigenvalue weighted by atomic mass is 9.87. The second kappa shape index (κ2) is 4.71. The zero-order valence-corrected chi connectivity index (χ0v) is 10.1. The highest BCUT2D eigenvalue weighted by atomic mass is 35.5. The molecule has 15 heavy (non-hydrogen) atoms. The van der Waals surface area contributed by atoms with Gasteiger partial charge in [-0.2, -0.15) is 0 Å². The van der Waals surface area contributed by atoms with Gasteiger partial charge in [0, 0.05) is 11.1 Å². The Bertz CT molecular complexity index is 345. The van der Waals surface area contributed by atoms with E-state index in [1.165, 1.54) is 0 Å². The molecule has 84 valence electrons. The van der Waals surface area contributed by atoms with Crippen LogP contribution in [-0.2, 0) is 5.60 Å². The van der Waals surface area contributed by atoms with Gasteiger partial charge >= 0.3 is 0 Å². The normalized spacial score (nSPS) is 29.9. The molecular weight excluding hydrogens is 233 g/mol. The van der Waals surface area contributed by atoms with Crippen molar-refractivity contribution in [3.63, 3.8) is 0 Å². The van der Waals surface area contributed by atoms with Gasteiger partial charge < -0.3 is 10.4 Å². The number of aliphatic hydroxyl groups is 1. The summed E-state index contributed by atoms with van der Waals surface area (Å²) < 4.78 is 0. The number of nitrogens with one attached hydrogen (secondary N) is 1. The fourth-order valence-electron chi connectivity index (χ4n) is 2.02. The first-order valence-corrected chi connectivity index (χ1v) is 5.22. The molecule has 1 saturated heterocycles. The maximum atomic E-state index is 10.4. The summed E-state index contributed by atoms with van der Waals surface area (Å²) in [5.41, 5.74) is 0.146. The first kappa shape index (κ1) is 12.8. The summed E-state index contributed by atoms with van der Waals surface area (Å²) in [7, 11) is 0. The van der Waals surface area contributed by atoms with Crippen LogP contribution in [-0.4, -0.2) is 17.7 Å². The highest BCUT2D eigenvalue weighted by Gasteiger charge is 2.39. The fourth-order valence-corrected chi connectivity index (χ4v) is 2.21. The van der Waals surface area contributed by atoms with Crippen LogP contribution in [0.25, 0.3) is 0 Å². The van der Waals surface area contributed by atoms with Gasteiger partial charge in [-0.1, -0.05) is 23.7 Å². The fraction of sp³-hybridized carbons (Fsp3) is 0.455. The smallest absolute Gasteiger partial charge is 0.106 e. The quantitative estimate of drug-likeness (QED) is 0.799. The predicted molar refractivity (Wildman–Crippen MR) is 64.7 cm³/mol. The molecule has 1 heterocycles. The minimum Gasteiger partial charge on any atom is -0.383 e. The summed E-state index contributed by atoms with van der Waals surface area (Å²) in [6, 6.07) is 7.55. The van der Waals surface area contributed by atoms with Crippen molar-refractivity contribution < 1.29 is 5.11 Å². The molecule has 0 spiro atoms. The Kier molecular flexibility index (Phi) is 4.01. The van der Waals surface area contributed by atoms with Crippen LogP contribution in [0.5, 0.6) is 0 Å². The highest BCUT2D eigenvalue weighted by molar-refractivity contribution is 6.30. The minimum atomic E-state index is -0.759. The van der Waals surface area contributed by atoms with Gasteiger partial charge in [-0.05, 0) is 37.6 Å². The topological polar surface area (TPSA) is 32.3 Å². The SMILES string of the molecule is CC1NCCC1(O)c1cccc(Cl)c1.Cl. The van der Waals surface area contributed by atoms with Crippen LogP contribution in [0.4, 0.5) is 0 Å². The van der Waals surface area contributed by atoms with Gasteiger partial charge in [0.2, 0.25) is 0 Å². The maximum Gasteiger partial charge on any atom is 0.106 e. The standard InChI is InChI=1S/C11H14ClNO.ClH/c1-8-11(14,5-6-13-8)9-3-2-4-10(12)7-9;/h2-4,7-8,13-14H,5-6H2,1H3;1H. The molecule has 0 radical (unpaired) electrons. The third kappa shape index (κ3) is 2.28. The van der Waals surface area contributed by atoms with Gasteiger partial charge in [-0.3, -0.25) is 0 Å². The molecule has 1 aliphatic heterocycles. The molecule has 2 N–H and O–H groups in total. The molecule has 2 unspecified atom stereocenters. The molecule has 0 aliphatic carbocycles. The van der Waals surface area contributed by atoms with Gasteiger partial charge in [0.15, 0.2) is 0 Å². The molecule has 0 amide bonds. The number of hydrogen-bond donors (Lipinski definition) is 2. The number of hydrogen-bond acceptors (Lipinski definition) is 2. The van der Waals surface area contributed by atoms with E-state index in [0.29, 0.717) is 5.02 Å². The van der Waals surface area contributed by atoms with E-state index in [2.05, 4.69) is 5.32 Å². The van der Waals surface area contributed by atoms with E-state index in [9.17, 15) is 5.11 Å². The maximum absolute atomic E-state index is 10.4. The van der Waals surface area contributed by atoms with Crippen molar-refractivity contribution in [2.75, 3.05) is 6.54 Å². The molecule has 0 saturated carbocycles. The second-order valence-corrected chi connectivity index (χ2v) is 4.30. The molecule has 0 bridgehead atoms. The van der Waals surface area contributed by atoms with Crippen LogP contribution in [0.1, 0.15) is 18.9 Å². The van der Waals surface area contributed by atoms with Crippen molar-refractivity contribution in [3.05, 3.63) is 34.9 Å². The Morgan fingerprint density at radius 3 is 2.80 bits per heavy atom. The van der Waals surface area contributed by atoms with Crippen LogP contribution in [0.15, 0.2) is 24.3 Å². The molecule has 0 aromatic heterocycles. The van der Waals surface area contributed by atoms with Crippen molar-refractivity contribution in [2.45, 2.75) is 25.0 Å². The van der Waals surface area contributed by atoms with Crippen LogP contribution in [0.3, 0.4) is 0 Å². The van der Waals surface area contributed by atoms with Crippen LogP contribution >= 0.6 is 24.0 Å². The Morgan fingerprint density at radius 1 is 1.53 bits per heavy atom. The summed E-state index contributed by atoms with van der Waals surface area (Å²) in [6.45, 7) is 2.85. The van der Waals surface area contributed by atoms with E-state index < -0.39 is 5.60 Å². The van der Waals surface area contributed by atoms with Crippen molar-refractivity contribution >= 4 is 24.0 Å². The molecule has 1 aliphatic rings. The van der Waals surface area contributed by atoms with Gasteiger partial charge in [0.05, 0.1) is 0 Å². The Balaban J connectivity index is 0.00000112. The van der Waals surface area contributed by atoms with Crippen molar-refractivity contribution in [2.24, 2.45) is 0 Å². The molecule has 1 aromatic rings. The molecule has 2 atom stereocenters. The third-order valence-electron chi connectivity index (χ3n) is 3.00. The number of rotatable bonds is 1. The zero-order chi connectivity index (χ0) is 10.2. The minimum absolute atomic E-state index is 0. The van der Waals surface area contributed by atoms with Crippen molar-refractivity contribution in [3.8, 4) is 0 Å². The Labute approximate surface area is 101 Å². The Hall–Kier alpha value is -0.280. The number of benzene rings is 1. The van der Waals surface area contributed by atoms with Crippen LogP contribution in [0.2, 0.25) is 5.02 Å². The lowest BCUT2D eigenvalue weighted by molar-refractivity contribution is 0.0293. The largest absolute Gasteiger partial charge is 0.383 e. The number of halogens is 2. The average molecular weight is 248 g/mol. The monoisotopic (exact) mass is 247 g/mol. The lowest BCUT2D eigenvalue weighted by Gasteiger charge is -2.27. The van der Waals surface area contributed by atoms with Crippen LogP contribution in [0, 0.1) is 0 Å². The summed E-state index contributed by atoms with van der Waals surface area (Å²) in [5, 5.41) is 14.3. The molecular formula is C11H15Cl2NO. The van der Waals surface area contributed by atoms with E-state index in [-0.39, 0.29) is 18.4 Å². The lowest BCUT2D eigenvalue weighted by Crippen LogP contribution is -2.37. The van der Waals surface area contributed by atoms with E-state index in [0.717, 1.165) is 18.5 Å². The molecule has 4 heteroatoms. The van der Waals surface area contributed by atoms with Gasteiger partial charge in [0.1, 0.15) is 5.60 Å².